The summed E-state index contributed by atoms with van der Waals surface area (Å²) in [7, 11) is 0. The topological polar surface area (TPSA) is 55.4 Å². The standard InChI is InChI=1S/C6H9NO3/c1-3-6(9)10-4(2)5(8)7-3/h3-4H,1-2H3,(H,7,8)/t3-,4-/m0/s1. The molecule has 0 aromatic rings. The van der Waals surface area contributed by atoms with E-state index in [1.54, 1.807) is 13.8 Å². The van der Waals surface area contributed by atoms with Gasteiger partial charge in [-0.2, -0.15) is 0 Å². The van der Waals surface area contributed by atoms with Crippen LogP contribution in [0.4, 0.5) is 0 Å². The molecule has 10 heavy (non-hydrogen) atoms. The summed E-state index contributed by atoms with van der Waals surface area (Å²) < 4.78 is 4.66. The van der Waals surface area contributed by atoms with E-state index in [0.29, 0.717) is 0 Å². The first-order valence-corrected chi connectivity index (χ1v) is 3.12. The molecule has 0 bridgehead atoms. The Morgan fingerprint density at radius 2 is 2.00 bits per heavy atom. The molecule has 1 saturated heterocycles. The van der Waals surface area contributed by atoms with Crippen LogP contribution in [-0.4, -0.2) is 24.0 Å². The van der Waals surface area contributed by atoms with E-state index in [2.05, 4.69) is 10.1 Å². The molecule has 1 N–H and O–H groups in total. The van der Waals surface area contributed by atoms with E-state index in [9.17, 15) is 9.59 Å². The summed E-state index contributed by atoms with van der Waals surface area (Å²) in [5.41, 5.74) is 0. The van der Waals surface area contributed by atoms with Gasteiger partial charge in [-0.25, -0.2) is 4.79 Å². The third kappa shape index (κ3) is 1.10. The summed E-state index contributed by atoms with van der Waals surface area (Å²) in [6, 6.07) is -0.497. The van der Waals surface area contributed by atoms with Crippen molar-refractivity contribution in [2.75, 3.05) is 0 Å². The van der Waals surface area contributed by atoms with Gasteiger partial charge in [0.25, 0.3) is 5.91 Å². The summed E-state index contributed by atoms with van der Waals surface area (Å²) in [6.45, 7) is 3.13. The van der Waals surface area contributed by atoms with Gasteiger partial charge < -0.3 is 10.1 Å². The Labute approximate surface area is 58.5 Å². The first-order valence-electron chi connectivity index (χ1n) is 3.12. The van der Waals surface area contributed by atoms with Crippen molar-refractivity contribution in [3.8, 4) is 0 Å². The number of amides is 1. The van der Waals surface area contributed by atoms with Crippen LogP contribution in [0.15, 0.2) is 0 Å². The van der Waals surface area contributed by atoms with Crippen LogP contribution >= 0.6 is 0 Å². The van der Waals surface area contributed by atoms with Crippen LogP contribution in [0.25, 0.3) is 0 Å². The van der Waals surface area contributed by atoms with Crippen LogP contribution in [0.3, 0.4) is 0 Å². The zero-order valence-corrected chi connectivity index (χ0v) is 5.88. The second-order valence-electron chi connectivity index (χ2n) is 2.31. The number of morpholine rings is 1. The van der Waals surface area contributed by atoms with Crippen molar-refractivity contribution >= 4 is 11.9 Å². The van der Waals surface area contributed by atoms with Gasteiger partial charge >= 0.3 is 5.97 Å². The predicted octanol–water partition coefficient (Wildman–Crippen LogP) is -0.564. The first kappa shape index (κ1) is 7.05. The van der Waals surface area contributed by atoms with Crippen LogP contribution in [0.2, 0.25) is 0 Å². The van der Waals surface area contributed by atoms with Crippen LogP contribution in [0.1, 0.15) is 13.8 Å². The summed E-state index contributed by atoms with van der Waals surface area (Å²) in [5, 5.41) is 2.47. The van der Waals surface area contributed by atoms with E-state index in [0.717, 1.165) is 0 Å². The summed E-state index contributed by atoms with van der Waals surface area (Å²) >= 11 is 0. The highest BCUT2D eigenvalue weighted by Crippen LogP contribution is 2.02. The lowest BCUT2D eigenvalue weighted by Gasteiger charge is -2.23. The van der Waals surface area contributed by atoms with Gasteiger partial charge in [0, 0.05) is 0 Å². The third-order valence-electron chi connectivity index (χ3n) is 1.37. The van der Waals surface area contributed by atoms with E-state index in [1.165, 1.54) is 0 Å². The molecule has 56 valence electrons. The number of esters is 1. The van der Waals surface area contributed by atoms with Crippen LogP contribution < -0.4 is 5.32 Å². The van der Waals surface area contributed by atoms with Crippen LogP contribution in [-0.2, 0) is 14.3 Å². The van der Waals surface area contributed by atoms with Gasteiger partial charge in [0.2, 0.25) is 0 Å². The Morgan fingerprint density at radius 3 is 2.50 bits per heavy atom. The van der Waals surface area contributed by atoms with Gasteiger partial charge in [-0.05, 0) is 13.8 Å². The quantitative estimate of drug-likeness (QED) is 0.462. The average molecular weight is 143 g/mol. The van der Waals surface area contributed by atoms with Crippen molar-refractivity contribution in [2.24, 2.45) is 0 Å². The molecule has 1 heterocycles. The van der Waals surface area contributed by atoms with E-state index < -0.39 is 12.1 Å². The van der Waals surface area contributed by atoms with Gasteiger partial charge in [0.15, 0.2) is 6.10 Å². The maximum absolute atomic E-state index is 10.8. The lowest BCUT2D eigenvalue weighted by atomic mass is 10.2. The molecule has 0 saturated carbocycles. The number of carbonyl (C=O) groups is 2. The van der Waals surface area contributed by atoms with Gasteiger partial charge in [-0.3, -0.25) is 4.79 Å². The monoisotopic (exact) mass is 143 g/mol. The summed E-state index contributed by atoms with van der Waals surface area (Å²) in [4.78, 5) is 21.5. The minimum Gasteiger partial charge on any atom is -0.451 e. The molecule has 1 aliphatic heterocycles. The Bertz CT molecular complexity index is 158. The highest BCUT2D eigenvalue weighted by Gasteiger charge is 2.29. The summed E-state index contributed by atoms with van der Waals surface area (Å²) in [5.74, 6) is -0.598. The van der Waals surface area contributed by atoms with Crippen LogP contribution in [0, 0.1) is 0 Å². The van der Waals surface area contributed by atoms with Gasteiger partial charge in [-0.1, -0.05) is 0 Å². The SMILES string of the molecule is C[C@@H]1NC(=O)[C@H](C)OC1=O. The molecule has 2 atom stereocenters. The highest BCUT2D eigenvalue weighted by molar-refractivity contribution is 5.91. The Morgan fingerprint density at radius 1 is 1.40 bits per heavy atom. The second-order valence-corrected chi connectivity index (χ2v) is 2.31. The molecular formula is C6H9NO3. The number of hydrogen-bond donors (Lipinski definition) is 1. The molecule has 1 fully saturated rings. The molecule has 0 aromatic carbocycles. The fraction of sp³-hybridized carbons (Fsp3) is 0.667. The number of ether oxygens (including phenoxy) is 1. The lowest BCUT2D eigenvalue weighted by molar-refractivity contribution is -0.163. The van der Waals surface area contributed by atoms with E-state index in [1.807, 2.05) is 0 Å². The molecule has 1 amide bonds. The van der Waals surface area contributed by atoms with E-state index >= 15 is 0 Å². The minimum absolute atomic E-state index is 0.230. The van der Waals surface area contributed by atoms with Crippen LogP contribution in [0.5, 0.6) is 0 Å². The first-order chi connectivity index (χ1) is 4.61. The number of rotatable bonds is 0. The van der Waals surface area contributed by atoms with Crippen molar-refractivity contribution < 1.29 is 14.3 Å². The number of hydrogen-bond acceptors (Lipinski definition) is 3. The normalized spacial score (nSPS) is 33.0. The Balaban J connectivity index is 2.63. The zero-order valence-electron chi connectivity index (χ0n) is 5.88. The predicted molar refractivity (Wildman–Crippen MR) is 33.2 cm³/mol. The molecule has 0 spiro atoms. The largest absolute Gasteiger partial charge is 0.451 e. The lowest BCUT2D eigenvalue weighted by Crippen LogP contribution is -2.51. The van der Waals surface area contributed by atoms with Crippen molar-refractivity contribution in [1.29, 1.82) is 0 Å². The van der Waals surface area contributed by atoms with Crippen molar-refractivity contribution in [3.63, 3.8) is 0 Å². The fourth-order valence-electron chi connectivity index (χ4n) is 0.719. The molecule has 1 aliphatic rings. The molecule has 4 nitrogen and oxygen atoms in total. The van der Waals surface area contributed by atoms with Gasteiger partial charge in [0.1, 0.15) is 6.04 Å². The third-order valence-corrected chi connectivity index (χ3v) is 1.37. The number of nitrogens with one attached hydrogen (secondary N) is 1. The van der Waals surface area contributed by atoms with Crippen molar-refractivity contribution in [2.45, 2.75) is 26.0 Å². The zero-order chi connectivity index (χ0) is 7.72. The molecule has 1 rings (SSSR count). The minimum atomic E-state index is -0.635. The highest BCUT2D eigenvalue weighted by atomic mass is 16.6. The molecule has 0 radical (unpaired) electrons. The Hall–Kier alpha value is -1.06. The number of carbonyl (C=O) groups excluding carboxylic acids is 2. The molecule has 0 aliphatic carbocycles. The van der Waals surface area contributed by atoms with Crippen molar-refractivity contribution in [3.05, 3.63) is 0 Å². The van der Waals surface area contributed by atoms with E-state index in [4.69, 9.17) is 0 Å². The second kappa shape index (κ2) is 2.28. The molecular weight excluding hydrogens is 134 g/mol. The fourth-order valence-corrected chi connectivity index (χ4v) is 0.719. The summed E-state index contributed by atoms with van der Waals surface area (Å²) in [6.07, 6.45) is -0.635. The molecule has 0 unspecified atom stereocenters. The van der Waals surface area contributed by atoms with Gasteiger partial charge in [-0.15, -0.1) is 0 Å². The maximum atomic E-state index is 10.8. The van der Waals surface area contributed by atoms with Crippen molar-refractivity contribution in [1.82, 2.24) is 5.32 Å². The average Bonchev–Trinajstić information content (AvgIpc) is 1.84. The smallest absolute Gasteiger partial charge is 0.329 e. The number of cyclic esters (lactones) is 1. The van der Waals surface area contributed by atoms with Gasteiger partial charge in [0.05, 0.1) is 0 Å². The molecule has 4 heteroatoms. The Kier molecular flexibility index (Phi) is 1.61. The molecule has 0 aromatic heterocycles. The maximum Gasteiger partial charge on any atom is 0.329 e. The van der Waals surface area contributed by atoms with E-state index in [-0.39, 0.29) is 11.9 Å².